The summed E-state index contributed by atoms with van der Waals surface area (Å²) in [5.41, 5.74) is 1.43. The van der Waals surface area contributed by atoms with Crippen LogP contribution in [0.25, 0.3) is 0 Å². The maximum absolute atomic E-state index is 11.6. The van der Waals surface area contributed by atoms with Crippen molar-refractivity contribution < 1.29 is 9.53 Å². The Balaban J connectivity index is 2.10. The summed E-state index contributed by atoms with van der Waals surface area (Å²) in [5, 5.41) is 5.88. The van der Waals surface area contributed by atoms with Crippen LogP contribution < -0.4 is 5.01 Å². The normalized spacial score (nSPS) is 14.4. The predicted molar refractivity (Wildman–Crippen MR) is 64.8 cm³/mol. The minimum atomic E-state index is -0.299. The van der Waals surface area contributed by atoms with Gasteiger partial charge >= 0.3 is 5.97 Å². The van der Waals surface area contributed by atoms with Crippen molar-refractivity contribution in [3.63, 3.8) is 0 Å². The first-order valence-corrected chi connectivity index (χ1v) is 5.39. The van der Waals surface area contributed by atoms with Crippen molar-refractivity contribution in [2.45, 2.75) is 6.92 Å². The molecule has 88 valence electrons. The van der Waals surface area contributed by atoms with Crippen LogP contribution in [0.2, 0.25) is 0 Å². The lowest BCUT2D eigenvalue weighted by Gasteiger charge is -2.21. The molecule has 0 amide bonds. The quantitative estimate of drug-likeness (QED) is 0.737. The Bertz CT molecular complexity index is 454. The van der Waals surface area contributed by atoms with Gasteiger partial charge in [0.25, 0.3) is 0 Å². The first-order valence-electron chi connectivity index (χ1n) is 5.39. The van der Waals surface area contributed by atoms with Crippen LogP contribution >= 0.6 is 0 Å². The summed E-state index contributed by atoms with van der Waals surface area (Å²) in [5.74, 6) is -0.299. The van der Waals surface area contributed by atoms with Gasteiger partial charge in [-0.05, 0) is 25.1 Å². The molecule has 0 saturated heterocycles. The van der Waals surface area contributed by atoms with Gasteiger partial charge in [-0.1, -0.05) is 0 Å². The smallest absolute Gasteiger partial charge is 0.335 e. The highest BCUT2D eigenvalue weighted by Gasteiger charge is 2.17. The lowest BCUT2D eigenvalue weighted by atomic mass is 10.2. The number of aromatic nitrogens is 1. The molecule has 0 aliphatic carbocycles. The monoisotopic (exact) mass is 231 g/mol. The van der Waals surface area contributed by atoms with E-state index in [0.717, 1.165) is 5.69 Å². The lowest BCUT2D eigenvalue weighted by Crippen LogP contribution is -2.27. The van der Waals surface area contributed by atoms with Crippen LogP contribution in [0.5, 0.6) is 0 Å². The van der Waals surface area contributed by atoms with Crippen LogP contribution in [-0.2, 0) is 9.53 Å². The largest absolute Gasteiger partial charge is 0.463 e. The van der Waals surface area contributed by atoms with E-state index in [0.29, 0.717) is 18.7 Å². The molecule has 5 heteroatoms. The minimum absolute atomic E-state index is 0.299. The lowest BCUT2D eigenvalue weighted by molar-refractivity contribution is -0.138. The third-order valence-electron chi connectivity index (χ3n) is 2.28. The molecule has 17 heavy (non-hydrogen) atoms. The van der Waals surface area contributed by atoms with Crippen LogP contribution in [0.1, 0.15) is 6.92 Å². The Morgan fingerprint density at radius 3 is 3.18 bits per heavy atom. The molecule has 1 aromatic heterocycles. The van der Waals surface area contributed by atoms with Crippen molar-refractivity contribution in [2.75, 3.05) is 18.2 Å². The van der Waals surface area contributed by atoms with E-state index in [1.807, 2.05) is 12.1 Å². The van der Waals surface area contributed by atoms with Crippen molar-refractivity contribution >= 4 is 17.9 Å². The molecule has 0 fully saturated rings. The van der Waals surface area contributed by atoms with Crippen molar-refractivity contribution in [3.05, 3.63) is 36.2 Å². The molecule has 2 rings (SSSR count). The third-order valence-corrected chi connectivity index (χ3v) is 2.28. The molecule has 0 N–H and O–H groups in total. The summed E-state index contributed by atoms with van der Waals surface area (Å²) in [6, 6.07) is 3.71. The number of ether oxygens (including phenoxy) is 1. The second-order valence-corrected chi connectivity index (χ2v) is 3.45. The fourth-order valence-corrected chi connectivity index (χ4v) is 1.48. The summed E-state index contributed by atoms with van der Waals surface area (Å²) in [7, 11) is 0. The Labute approximate surface area is 99.4 Å². The van der Waals surface area contributed by atoms with E-state index in [1.54, 1.807) is 36.6 Å². The van der Waals surface area contributed by atoms with Gasteiger partial charge in [0.15, 0.2) is 0 Å². The minimum Gasteiger partial charge on any atom is -0.463 e. The fraction of sp³-hybridized carbons (Fsp3) is 0.250. The van der Waals surface area contributed by atoms with Gasteiger partial charge in [0.1, 0.15) is 0 Å². The highest BCUT2D eigenvalue weighted by Crippen LogP contribution is 2.16. The van der Waals surface area contributed by atoms with Crippen LogP contribution in [0.4, 0.5) is 5.69 Å². The van der Waals surface area contributed by atoms with E-state index in [-0.39, 0.29) is 5.97 Å². The van der Waals surface area contributed by atoms with Crippen molar-refractivity contribution in [1.29, 1.82) is 0 Å². The molecule has 1 aliphatic rings. The average Bonchev–Trinajstić information content (AvgIpc) is 2.40. The van der Waals surface area contributed by atoms with E-state index < -0.39 is 0 Å². The Kier molecular flexibility index (Phi) is 3.49. The SMILES string of the molecule is CCOC(=O)C1=CC=NN(c2cccnc2)C1. The maximum atomic E-state index is 11.6. The zero-order chi connectivity index (χ0) is 12.1. The molecular weight excluding hydrogens is 218 g/mol. The molecule has 0 atom stereocenters. The highest BCUT2D eigenvalue weighted by atomic mass is 16.5. The molecule has 5 nitrogen and oxygen atoms in total. The van der Waals surface area contributed by atoms with Crippen molar-refractivity contribution in [1.82, 2.24) is 4.98 Å². The van der Waals surface area contributed by atoms with E-state index >= 15 is 0 Å². The summed E-state index contributed by atoms with van der Waals surface area (Å²) >= 11 is 0. The molecule has 0 aromatic carbocycles. The number of hydrogen-bond acceptors (Lipinski definition) is 5. The second kappa shape index (κ2) is 5.25. The molecule has 0 unspecified atom stereocenters. The number of carbonyl (C=O) groups excluding carboxylic acids is 1. The number of hydrogen-bond donors (Lipinski definition) is 0. The molecule has 0 bridgehead atoms. The maximum Gasteiger partial charge on any atom is 0.335 e. The molecular formula is C12H13N3O2. The summed E-state index contributed by atoms with van der Waals surface area (Å²) < 4.78 is 4.95. The number of nitrogens with zero attached hydrogens (tertiary/aromatic N) is 3. The van der Waals surface area contributed by atoms with Gasteiger partial charge in [-0.15, -0.1) is 0 Å². The number of allylic oxidation sites excluding steroid dienone is 1. The van der Waals surface area contributed by atoms with Crippen molar-refractivity contribution in [3.8, 4) is 0 Å². The zero-order valence-corrected chi connectivity index (χ0v) is 9.54. The van der Waals surface area contributed by atoms with Gasteiger partial charge in [-0.25, -0.2) is 4.79 Å². The van der Waals surface area contributed by atoms with Gasteiger partial charge < -0.3 is 4.74 Å². The number of carbonyl (C=O) groups is 1. The topological polar surface area (TPSA) is 54.8 Å². The third kappa shape index (κ3) is 2.69. The molecule has 1 aliphatic heterocycles. The second-order valence-electron chi connectivity index (χ2n) is 3.45. The van der Waals surface area contributed by atoms with Crippen LogP contribution in [0.15, 0.2) is 41.3 Å². The highest BCUT2D eigenvalue weighted by molar-refractivity contribution is 5.95. The first kappa shape index (κ1) is 11.3. The number of anilines is 1. The molecule has 0 saturated carbocycles. The summed E-state index contributed by atoms with van der Waals surface area (Å²) in [6.45, 7) is 2.56. The Morgan fingerprint density at radius 2 is 2.47 bits per heavy atom. The van der Waals surface area contributed by atoms with E-state index in [9.17, 15) is 4.79 Å². The predicted octanol–water partition coefficient (Wildman–Crippen LogP) is 1.38. The van der Waals surface area contributed by atoms with Gasteiger partial charge in [0, 0.05) is 12.4 Å². The standard InChI is InChI=1S/C12H13N3O2/c1-2-17-12(16)10-5-7-14-15(9-10)11-4-3-6-13-8-11/h3-8H,2,9H2,1H3. The number of rotatable bonds is 3. The number of hydrazone groups is 1. The molecule has 0 radical (unpaired) electrons. The van der Waals surface area contributed by atoms with E-state index in [1.165, 1.54) is 0 Å². The van der Waals surface area contributed by atoms with E-state index in [2.05, 4.69) is 10.1 Å². The van der Waals surface area contributed by atoms with Gasteiger partial charge in [0.2, 0.25) is 0 Å². The van der Waals surface area contributed by atoms with E-state index in [4.69, 9.17) is 4.74 Å². The van der Waals surface area contributed by atoms with Gasteiger partial charge in [0.05, 0.1) is 30.6 Å². The zero-order valence-electron chi connectivity index (χ0n) is 9.54. The van der Waals surface area contributed by atoms with Crippen molar-refractivity contribution in [2.24, 2.45) is 5.10 Å². The van der Waals surface area contributed by atoms with Crippen LogP contribution in [0, 0.1) is 0 Å². The first-order chi connectivity index (χ1) is 8.31. The van der Waals surface area contributed by atoms with Gasteiger partial charge in [-0.2, -0.15) is 5.10 Å². The number of pyridine rings is 1. The molecule has 1 aromatic rings. The fourth-order valence-electron chi connectivity index (χ4n) is 1.48. The Morgan fingerprint density at radius 1 is 1.59 bits per heavy atom. The Hall–Kier alpha value is -2.17. The van der Waals surface area contributed by atoms with Gasteiger partial charge in [-0.3, -0.25) is 9.99 Å². The van der Waals surface area contributed by atoms with Crippen LogP contribution in [0.3, 0.4) is 0 Å². The molecule has 0 spiro atoms. The summed E-state index contributed by atoms with van der Waals surface area (Å²) in [6.07, 6.45) is 6.65. The average molecular weight is 231 g/mol. The summed E-state index contributed by atoms with van der Waals surface area (Å²) in [4.78, 5) is 15.6. The molecule has 2 heterocycles. The van der Waals surface area contributed by atoms with Crippen LogP contribution in [-0.4, -0.2) is 30.3 Å². The number of esters is 1.